The molecule has 2 aliphatic heterocycles. The van der Waals surface area contributed by atoms with Crippen molar-refractivity contribution in [3.63, 3.8) is 0 Å². The zero-order valence-electron chi connectivity index (χ0n) is 14.8. The van der Waals surface area contributed by atoms with E-state index in [-0.39, 0.29) is 24.0 Å². The molecule has 1 spiro atoms. The van der Waals surface area contributed by atoms with Crippen LogP contribution in [0.2, 0.25) is 0 Å². The van der Waals surface area contributed by atoms with E-state index in [9.17, 15) is 9.59 Å². The molecule has 1 aromatic rings. The number of carbonyl (C=O) groups excluding carboxylic acids is 2. The monoisotopic (exact) mass is 347 g/mol. The predicted molar refractivity (Wildman–Crippen MR) is 91.0 cm³/mol. The molecule has 2 aliphatic rings. The van der Waals surface area contributed by atoms with Crippen LogP contribution in [0.5, 0.6) is 0 Å². The topological polar surface area (TPSA) is 78.9 Å². The normalized spacial score (nSPS) is 20.4. The van der Waals surface area contributed by atoms with Crippen LogP contribution in [-0.2, 0) is 9.53 Å². The molecule has 0 bridgehead atoms. The summed E-state index contributed by atoms with van der Waals surface area (Å²) >= 11 is 0. The van der Waals surface area contributed by atoms with Gasteiger partial charge in [0.25, 0.3) is 5.91 Å². The van der Waals surface area contributed by atoms with Crippen molar-refractivity contribution in [3.05, 3.63) is 24.3 Å². The van der Waals surface area contributed by atoms with Crippen LogP contribution in [-0.4, -0.2) is 95.5 Å². The summed E-state index contributed by atoms with van der Waals surface area (Å²) in [5.41, 5.74) is 0.0325. The molecule has 136 valence electrons. The Bertz CT molecular complexity index is 614. The maximum absolute atomic E-state index is 12.5. The second-order valence-electron chi connectivity index (χ2n) is 6.97. The Kier molecular flexibility index (Phi) is 5.29. The van der Waals surface area contributed by atoms with E-state index in [1.54, 1.807) is 11.1 Å². The smallest absolute Gasteiger partial charge is 0.274 e. The molecule has 0 saturated carbocycles. The molecule has 0 aromatic carbocycles. The van der Waals surface area contributed by atoms with Crippen LogP contribution < -0.4 is 0 Å². The van der Waals surface area contributed by atoms with Gasteiger partial charge in [0.05, 0.1) is 11.8 Å². The van der Waals surface area contributed by atoms with Gasteiger partial charge in [-0.05, 0) is 26.9 Å². The highest BCUT2D eigenvalue weighted by Crippen LogP contribution is 2.30. The maximum atomic E-state index is 12.5. The van der Waals surface area contributed by atoms with Crippen LogP contribution in [0.3, 0.4) is 0 Å². The number of aromatic nitrogens is 2. The third kappa shape index (κ3) is 4.13. The molecule has 0 radical (unpaired) electrons. The zero-order valence-corrected chi connectivity index (χ0v) is 14.8. The first-order valence-electron chi connectivity index (χ1n) is 8.61. The largest absolute Gasteiger partial charge is 0.363 e. The summed E-state index contributed by atoms with van der Waals surface area (Å²) in [6, 6.07) is 0. The molecule has 2 saturated heterocycles. The van der Waals surface area contributed by atoms with Crippen molar-refractivity contribution < 1.29 is 14.3 Å². The lowest BCUT2D eigenvalue weighted by molar-refractivity contribution is -0.170. The fraction of sp³-hybridized carbons (Fsp3) is 0.647. The number of morpholine rings is 1. The van der Waals surface area contributed by atoms with Crippen molar-refractivity contribution in [1.29, 1.82) is 0 Å². The lowest BCUT2D eigenvalue weighted by Crippen LogP contribution is -2.60. The molecule has 0 unspecified atom stereocenters. The van der Waals surface area contributed by atoms with E-state index in [0.717, 1.165) is 19.4 Å². The molecule has 3 rings (SSSR count). The van der Waals surface area contributed by atoms with E-state index in [0.29, 0.717) is 31.9 Å². The molecule has 2 amide bonds. The van der Waals surface area contributed by atoms with Gasteiger partial charge in [0.1, 0.15) is 12.3 Å². The van der Waals surface area contributed by atoms with Gasteiger partial charge in [0.15, 0.2) is 0 Å². The van der Waals surface area contributed by atoms with E-state index in [4.69, 9.17) is 4.74 Å². The van der Waals surface area contributed by atoms with Crippen LogP contribution in [0.15, 0.2) is 18.6 Å². The van der Waals surface area contributed by atoms with Gasteiger partial charge in [0.2, 0.25) is 5.91 Å². The first kappa shape index (κ1) is 17.8. The molecule has 25 heavy (non-hydrogen) atoms. The number of amides is 2. The van der Waals surface area contributed by atoms with Crippen molar-refractivity contribution in [1.82, 2.24) is 24.7 Å². The molecule has 0 aliphatic carbocycles. The molecule has 1 aromatic heterocycles. The van der Waals surface area contributed by atoms with Gasteiger partial charge >= 0.3 is 0 Å². The fourth-order valence-corrected chi connectivity index (χ4v) is 3.30. The number of rotatable bonds is 4. The average Bonchev–Trinajstić information content (AvgIpc) is 2.63. The van der Waals surface area contributed by atoms with Crippen molar-refractivity contribution in [2.75, 3.05) is 53.4 Å². The highest BCUT2D eigenvalue weighted by atomic mass is 16.5. The molecule has 8 heteroatoms. The van der Waals surface area contributed by atoms with Gasteiger partial charge in [-0.2, -0.15) is 0 Å². The molecule has 0 N–H and O–H groups in total. The van der Waals surface area contributed by atoms with Gasteiger partial charge in [-0.25, -0.2) is 4.98 Å². The van der Waals surface area contributed by atoms with Gasteiger partial charge in [-0.1, -0.05) is 0 Å². The molecular formula is C17H25N5O3. The van der Waals surface area contributed by atoms with Crippen LogP contribution in [0, 0.1) is 0 Å². The molecule has 2 fully saturated rings. The second kappa shape index (κ2) is 7.45. The Morgan fingerprint density at radius 1 is 1.32 bits per heavy atom. The Morgan fingerprint density at radius 3 is 2.72 bits per heavy atom. The first-order chi connectivity index (χ1) is 12.0. The van der Waals surface area contributed by atoms with Crippen molar-refractivity contribution >= 4 is 11.8 Å². The number of likely N-dealkylation sites (tertiary alicyclic amines) is 1. The highest BCUT2D eigenvalue weighted by molar-refractivity contribution is 5.92. The van der Waals surface area contributed by atoms with E-state index in [2.05, 4.69) is 14.9 Å². The summed E-state index contributed by atoms with van der Waals surface area (Å²) in [4.78, 5) is 38.4. The molecule has 8 nitrogen and oxygen atoms in total. The second-order valence-corrected chi connectivity index (χ2v) is 6.97. The SMILES string of the molecule is CN(C)CCN1CC2(CCN(C(=O)c3cnccn3)CC2)OCC1=O. The van der Waals surface area contributed by atoms with Gasteiger partial charge in [0, 0.05) is 45.1 Å². The van der Waals surface area contributed by atoms with Crippen molar-refractivity contribution in [3.8, 4) is 0 Å². The number of hydrogen-bond donors (Lipinski definition) is 0. The van der Waals surface area contributed by atoms with Crippen LogP contribution in [0.4, 0.5) is 0 Å². The van der Waals surface area contributed by atoms with Crippen LogP contribution in [0.25, 0.3) is 0 Å². The quantitative estimate of drug-likeness (QED) is 0.755. The number of piperidine rings is 1. The third-order valence-corrected chi connectivity index (χ3v) is 4.89. The molecule has 0 atom stereocenters. The Morgan fingerprint density at radius 2 is 2.08 bits per heavy atom. The summed E-state index contributed by atoms with van der Waals surface area (Å²) in [5, 5.41) is 0. The Balaban J connectivity index is 1.59. The maximum Gasteiger partial charge on any atom is 0.274 e. The summed E-state index contributed by atoms with van der Waals surface area (Å²) in [7, 11) is 3.99. The lowest BCUT2D eigenvalue weighted by atomic mass is 9.89. The number of likely N-dealkylation sites (N-methyl/N-ethyl adjacent to an activating group) is 1. The van der Waals surface area contributed by atoms with Gasteiger partial charge in [-0.15, -0.1) is 0 Å². The number of hydrogen-bond acceptors (Lipinski definition) is 6. The molecular weight excluding hydrogens is 322 g/mol. The highest BCUT2D eigenvalue weighted by Gasteiger charge is 2.43. The lowest BCUT2D eigenvalue weighted by Gasteiger charge is -2.47. The predicted octanol–water partition coefficient (Wildman–Crippen LogP) is -0.128. The summed E-state index contributed by atoms with van der Waals surface area (Å²) < 4.78 is 5.92. The zero-order chi connectivity index (χ0) is 17.9. The minimum absolute atomic E-state index is 0.0468. The van der Waals surface area contributed by atoms with E-state index < -0.39 is 0 Å². The number of ether oxygens (including phenoxy) is 1. The van der Waals surface area contributed by atoms with E-state index >= 15 is 0 Å². The molecule has 3 heterocycles. The van der Waals surface area contributed by atoms with Crippen LogP contribution in [0.1, 0.15) is 23.3 Å². The summed E-state index contributed by atoms with van der Waals surface area (Å²) in [6.07, 6.45) is 6.02. The summed E-state index contributed by atoms with van der Waals surface area (Å²) in [6.45, 7) is 3.48. The van der Waals surface area contributed by atoms with Crippen molar-refractivity contribution in [2.24, 2.45) is 0 Å². The van der Waals surface area contributed by atoms with Gasteiger partial charge in [-0.3, -0.25) is 14.6 Å². The Hall–Kier alpha value is -2.06. The number of nitrogens with zero attached hydrogens (tertiary/aromatic N) is 5. The minimum atomic E-state index is -0.334. The third-order valence-electron chi connectivity index (χ3n) is 4.89. The van der Waals surface area contributed by atoms with Crippen LogP contribution >= 0.6 is 0 Å². The fourth-order valence-electron chi connectivity index (χ4n) is 3.30. The van der Waals surface area contributed by atoms with Crippen molar-refractivity contribution in [2.45, 2.75) is 18.4 Å². The van der Waals surface area contributed by atoms with Gasteiger partial charge < -0.3 is 19.4 Å². The standard InChI is InChI=1S/C17H25N5O3/c1-20(2)9-10-22-13-17(25-12-15(22)23)3-7-21(8-4-17)16(24)14-11-18-5-6-19-14/h5-6,11H,3-4,7-10,12-13H2,1-2H3. The minimum Gasteiger partial charge on any atom is -0.363 e. The van der Waals surface area contributed by atoms with E-state index in [1.807, 2.05) is 19.0 Å². The van der Waals surface area contributed by atoms with E-state index in [1.165, 1.54) is 12.4 Å². The Labute approximate surface area is 147 Å². The number of carbonyl (C=O) groups is 2. The summed E-state index contributed by atoms with van der Waals surface area (Å²) in [5.74, 6) is -0.0511. The first-order valence-corrected chi connectivity index (χ1v) is 8.61. The average molecular weight is 347 g/mol.